The number of nitrogens with zero attached hydrogens (tertiary/aromatic N) is 2. The van der Waals surface area contributed by atoms with E-state index < -0.39 is 0 Å². The third kappa shape index (κ3) is 3.31. The molecule has 23 heavy (non-hydrogen) atoms. The molecule has 0 N–H and O–H groups in total. The second kappa shape index (κ2) is 6.73. The Morgan fingerprint density at radius 1 is 1.13 bits per heavy atom. The van der Waals surface area contributed by atoms with E-state index in [1.165, 1.54) is 57.4 Å². The van der Waals surface area contributed by atoms with Crippen LogP contribution in [0.4, 0.5) is 0 Å². The van der Waals surface area contributed by atoms with Gasteiger partial charge in [-0.2, -0.15) is 0 Å². The van der Waals surface area contributed by atoms with Crippen LogP contribution in [0.2, 0.25) is 0 Å². The largest absolute Gasteiger partial charge is 0.496 e. The molecule has 1 heterocycles. The first-order valence-electron chi connectivity index (χ1n) is 9.02. The molecule has 1 aromatic rings. The van der Waals surface area contributed by atoms with Crippen molar-refractivity contribution in [2.45, 2.75) is 38.3 Å². The van der Waals surface area contributed by atoms with E-state index in [4.69, 9.17) is 4.74 Å². The molecule has 4 rings (SSSR count). The Bertz CT molecular complexity index is 556. The standard InChI is InChI=1S/C19H27BrN2O/c1-23-19-5-4-17(20)12-16(19)13-21-6-8-22(9-7-21)18-11-14-2-3-15(18)10-14/h4-5,12,14-15,18H,2-3,6-11,13H2,1H3/t14-,15+,18-/m0/s1. The summed E-state index contributed by atoms with van der Waals surface area (Å²) in [6.07, 6.45) is 5.98. The third-order valence-electron chi connectivity index (χ3n) is 6.21. The fourth-order valence-electron chi connectivity index (χ4n) is 5.02. The first kappa shape index (κ1) is 15.9. The lowest BCUT2D eigenvalue weighted by Gasteiger charge is -2.41. The van der Waals surface area contributed by atoms with Crippen LogP contribution in [0.5, 0.6) is 5.75 Å². The van der Waals surface area contributed by atoms with Crippen molar-refractivity contribution in [1.82, 2.24) is 9.80 Å². The maximum Gasteiger partial charge on any atom is 0.123 e. The molecule has 3 atom stereocenters. The van der Waals surface area contributed by atoms with Crippen LogP contribution in [0.1, 0.15) is 31.2 Å². The molecule has 2 aliphatic carbocycles. The zero-order valence-electron chi connectivity index (χ0n) is 14.0. The Hall–Kier alpha value is -0.580. The lowest BCUT2D eigenvalue weighted by Crippen LogP contribution is -2.51. The number of methoxy groups -OCH3 is 1. The van der Waals surface area contributed by atoms with Crippen molar-refractivity contribution < 1.29 is 4.74 Å². The number of ether oxygens (including phenoxy) is 1. The van der Waals surface area contributed by atoms with Crippen LogP contribution in [-0.4, -0.2) is 49.1 Å². The number of hydrogen-bond donors (Lipinski definition) is 0. The van der Waals surface area contributed by atoms with Crippen LogP contribution in [0.25, 0.3) is 0 Å². The highest BCUT2D eigenvalue weighted by atomic mass is 79.9. The summed E-state index contributed by atoms with van der Waals surface area (Å²) < 4.78 is 6.65. The van der Waals surface area contributed by atoms with Gasteiger partial charge in [-0.3, -0.25) is 9.80 Å². The highest BCUT2D eigenvalue weighted by molar-refractivity contribution is 9.10. The normalized spacial score (nSPS) is 31.7. The summed E-state index contributed by atoms with van der Waals surface area (Å²) >= 11 is 3.58. The van der Waals surface area contributed by atoms with Crippen LogP contribution >= 0.6 is 15.9 Å². The van der Waals surface area contributed by atoms with Gasteiger partial charge >= 0.3 is 0 Å². The number of hydrogen-bond acceptors (Lipinski definition) is 3. The summed E-state index contributed by atoms with van der Waals surface area (Å²) in [4.78, 5) is 5.37. The van der Waals surface area contributed by atoms with E-state index >= 15 is 0 Å². The topological polar surface area (TPSA) is 15.7 Å². The second-order valence-electron chi connectivity index (χ2n) is 7.51. The maximum absolute atomic E-state index is 5.52. The Morgan fingerprint density at radius 2 is 1.96 bits per heavy atom. The number of rotatable bonds is 4. The van der Waals surface area contributed by atoms with Gasteiger partial charge in [-0.1, -0.05) is 22.4 Å². The molecule has 0 amide bonds. The van der Waals surface area contributed by atoms with E-state index in [0.717, 1.165) is 34.6 Å². The average Bonchev–Trinajstić information content (AvgIpc) is 3.19. The summed E-state index contributed by atoms with van der Waals surface area (Å²) in [6.45, 7) is 5.84. The molecule has 2 bridgehead atoms. The Balaban J connectivity index is 1.34. The molecule has 2 saturated carbocycles. The van der Waals surface area contributed by atoms with Gasteiger partial charge in [0.2, 0.25) is 0 Å². The smallest absolute Gasteiger partial charge is 0.123 e. The van der Waals surface area contributed by atoms with Crippen molar-refractivity contribution in [3.63, 3.8) is 0 Å². The molecule has 126 valence electrons. The number of benzene rings is 1. The molecule has 0 aromatic heterocycles. The molecule has 1 saturated heterocycles. The van der Waals surface area contributed by atoms with E-state index in [1.54, 1.807) is 7.11 Å². The highest BCUT2D eigenvalue weighted by Crippen LogP contribution is 2.46. The average molecular weight is 379 g/mol. The molecule has 0 radical (unpaired) electrons. The quantitative estimate of drug-likeness (QED) is 0.792. The van der Waals surface area contributed by atoms with E-state index in [-0.39, 0.29) is 0 Å². The molecule has 4 heteroatoms. The summed E-state index contributed by atoms with van der Waals surface area (Å²) in [6, 6.07) is 7.21. The van der Waals surface area contributed by atoms with E-state index in [1.807, 2.05) is 0 Å². The molecule has 3 nitrogen and oxygen atoms in total. The molecule has 3 aliphatic rings. The number of piperazine rings is 1. The van der Waals surface area contributed by atoms with E-state index in [0.29, 0.717) is 0 Å². The van der Waals surface area contributed by atoms with Crippen molar-refractivity contribution in [1.29, 1.82) is 0 Å². The summed E-state index contributed by atoms with van der Waals surface area (Å²) in [5, 5.41) is 0. The number of halogens is 1. The van der Waals surface area contributed by atoms with Crippen molar-refractivity contribution in [3.05, 3.63) is 28.2 Å². The van der Waals surface area contributed by atoms with Gasteiger partial charge in [0.25, 0.3) is 0 Å². The molecule has 3 fully saturated rings. The van der Waals surface area contributed by atoms with Crippen molar-refractivity contribution >= 4 is 15.9 Å². The van der Waals surface area contributed by atoms with Crippen LogP contribution < -0.4 is 4.74 Å². The molecule has 0 spiro atoms. The predicted octanol–water partition coefficient (Wildman–Crippen LogP) is 3.76. The van der Waals surface area contributed by atoms with E-state index in [9.17, 15) is 0 Å². The van der Waals surface area contributed by atoms with Gasteiger partial charge in [0.05, 0.1) is 7.11 Å². The Kier molecular flexibility index (Phi) is 4.66. The minimum Gasteiger partial charge on any atom is -0.496 e. The Labute approximate surface area is 148 Å². The minimum absolute atomic E-state index is 0.899. The number of fused-ring (bicyclic) bond motifs is 2. The Morgan fingerprint density at radius 3 is 2.61 bits per heavy atom. The van der Waals surface area contributed by atoms with Gasteiger partial charge in [-0.05, 0) is 49.3 Å². The fraction of sp³-hybridized carbons (Fsp3) is 0.684. The predicted molar refractivity (Wildman–Crippen MR) is 96.8 cm³/mol. The zero-order chi connectivity index (χ0) is 15.8. The summed E-state index contributed by atoms with van der Waals surface area (Å²) in [5.74, 6) is 3.06. The van der Waals surface area contributed by atoms with Gasteiger partial charge in [0.15, 0.2) is 0 Å². The first-order chi connectivity index (χ1) is 11.2. The SMILES string of the molecule is COc1ccc(Br)cc1CN1CCN([C@H]2C[C@H]3CC[C@@H]2C3)CC1. The zero-order valence-corrected chi connectivity index (χ0v) is 15.6. The summed E-state index contributed by atoms with van der Waals surface area (Å²) in [5.41, 5.74) is 1.29. The van der Waals surface area contributed by atoms with Gasteiger partial charge in [0, 0.05) is 48.8 Å². The van der Waals surface area contributed by atoms with Crippen LogP contribution in [0.3, 0.4) is 0 Å². The highest BCUT2D eigenvalue weighted by Gasteiger charge is 2.42. The lowest BCUT2D eigenvalue weighted by atomic mass is 9.93. The van der Waals surface area contributed by atoms with Crippen molar-refractivity contribution in [2.24, 2.45) is 11.8 Å². The molecule has 0 unspecified atom stereocenters. The fourth-order valence-corrected chi connectivity index (χ4v) is 5.43. The second-order valence-corrected chi connectivity index (χ2v) is 8.43. The molecule has 1 aromatic carbocycles. The first-order valence-corrected chi connectivity index (χ1v) is 9.81. The third-order valence-corrected chi connectivity index (χ3v) is 6.71. The molecule has 1 aliphatic heterocycles. The van der Waals surface area contributed by atoms with Crippen LogP contribution in [0, 0.1) is 11.8 Å². The maximum atomic E-state index is 5.52. The molecular weight excluding hydrogens is 352 g/mol. The van der Waals surface area contributed by atoms with Gasteiger partial charge in [-0.25, -0.2) is 0 Å². The minimum atomic E-state index is 0.899. The van der Waals surface area contributed by atoms with Crippen LogP contribution in [0.15, 0.2) is 22.7 Å². The van der Waals surface area contributed by atoms with Gasteiger partial charge in [-0.15, -0.1) is 0 Å². The van der Waals surface area contributed by atoms with Gasteiger partial charge < -0.3 is 4.74 Å². The van der Waals surface area contributed by atoms with Crippen molar-refractivity contribution in [3.8, 4) is 5.75 Å². The van der Waals surface area contributed by atoms with E-state index in [2.05, 4.69) is 43.9 Å². The van der Waals surface area contributed by atoms with Crippen molar-refractivity contribution in [2.75, 3.05) is 33.3 Å². The lowest BCUT2D eigenvalue weighted by molar-refractivity contribution is 0.0676. The van der Waals surface area contributed by atoms with Gasteiger partial charge in [0.1, 0.15) is 5.75 Å². The summed E-state index contributed by atoms with van der Waals surface area (Å²) in [7, 11) is 1.76. The monoisotopic (exact) mass is 378 g/mol. The van der Waals surface area contributed by atoms with Crippen LogP contribution in [-0.2, 0) is 6.54 Å². The molecular formula is C19H27BrN2O.